The molecule has 16 atom stereocenters. The Balaban J connectivity index is 1.90. The van der Waals surface area contributed by atoms with Crippen LogP contribution in [0.4, 0.5) is 0 Å². The van der Waals surface area contributed by atoms with Crippen molar-refractivity contribution in [3.63, 3.8) is 0 Å². The first-order valence-corrected chi connectivity index (χ1v) is 18.5. The maximum atomic E-state index is 13.5. The van der Waals surface area contributed by atoms with E-state index in [-0.39, 0.29) is 42.8 Å². The van der Waals surface area contributed by atoms with E-state index in [1.54, 1.807) is 26.0 Å². The van der Waals surface area contributed by atoms with Gasteiger partial charge >= 0.3 is 5.97 Å². The van der Waals surface area contributed by atoms with Gasteiger partial charge in [-0.25, -0.2) is 0 Å². The first-order valence-electron chi connectivity index (χ1n) is 18.5. The summed E-state index contributed by atoms with van der Waals surface area (Å²) in [6.07, 6.45) is -1.84. The van der Waals surface area contributed by atoms with Crippen molar-refractivity contribution in [1.29, 1.82) is 0 Å². The van der Waals surface area contributed by atoms with Crippen molar-refractivity contribution in [3.8, 4) is 0 Å². The zero-order valence-corrected chi connectivity index (χ0v) is 32.5. The SMILES string of the molecule is CCC1OC(=O)CC(O)C(C)C(OC2OC(C)CC(N(C)C)C2O)C(C)CC(C)C(=O)/C=C/C(C)=C/C1COC1OC(C)C(O)C(OC)C1OC. The van der Waals surface area contributed by atoms with Gasteiger partial charge in [0.2, 0.25) is 0 Å². The monoisotopic (exact) mass is 727 g/mol. The Bertz CT molecular complexity index is 1160. The zero-order chi connectivity index (χ0) is 38.2. The number of carbonyl (C=O) groups is 2. The summed E-state index contributed by atoms with van der Waals surface area (Å²) in [6.45, 7) is 13.1. The van der Waals surface area contributed by atoms with Crippen LogP contribution in [0.3, 0.4) is 0 Å². The molecule has 294 valence electrons. The van der Waals surface area contributed by atoms with E-state index >= 15 is 0 Å². The number of rotatable bonds is 9. The standard InChI is InChI=1S/C38H65NO12/c1-12-30-26(19-47-38-36(46-11)35(45-10)32(43)25(7)49-38)15-20(2)13-14-28(40)21(3)16-22(4)34(24(6)29(41)18-31(42)50-30)51-37-33(44)27(39(8)9)17-23(5)48-37/h13-15,21-27,29-30,32-38,41,43-44H,12,16-19H2,1-11H3/b14-13+,20-15+. The molecular formula is C38H65NO12. The van der Waals surface area contributed by atoms with Crippen LogP contribution in [0, 0.1) is 23.7 Å². The highest BCUT2D eigenvalue weighted by Crippen LogP contribution is 2.33. The first-order chi connectivity index (χ1) is 24.0. The number of esters is 1. The van der Waals surface area contributed by atoms with E-state index < -0.39 is 79.2 Å². The van der Waals surface area contributed by atoms with Crippen LogP contribution in [0.1, 0.15) is 74.1 Å². The summed E-state index contributed by atoms with van der Waals surface area (Å²) in [5, 5.41) is 33.3. The molecule has 2 saturated heterocycles. The van der Waals surface area contributed by atoms with Gasteiger partial charge in [0.05, 0.1) is 37.4 Å². The topological polar surface area (TPSA) is 163 Å². The van der Waals surface area contributed by atoms with Crippen molar-refractivity contribution in [3.05, 3.63) is 23.8 Å². The molecule has 2 fully saturated rings. The molecule has 3 rings (SSSR count). The van der Waals surface area contributed by atoms with Gasteiger partial charge in [0.1, 0.15) is 30.5 Å². The molecule has 0 aromatic carbocycles. The lowest BCUT2D eigenvalue weighted by Gasteiger charge is -2.44. The summed E-state index contributed by atoms with van der Waals surface area (Å²) in [5.41, 5.74) is 0.771. The number of ketones is 1. The van der Waals surface area contributed by atoms with Crippen LogP contribution in [-0.4, -0.2) is 140 Å². The highest BCUT2D eigenvalue weighted by atomic mass is 16.7. The highest BCUT2D eigenvalue weighted by molar-refractivity contribution is 5.91. The summed E-state index contributed by atoms with van der Waals surface area (Å²) in [5.74, 6) is -2.29. The number of methoxy groups -OCH3 is 2. The number of allylic oxidation sites excluding steroid dienone is 3. The molecule has 3 heterocycles. The number of likely N-dealkylation sites (N-methyl/N-ethyl adjacent to an activating group) is 1. The smallest absolute Gasteiger partial charge is 0.308 e. The summed E-state index contributed by atoms with van der Waals surface area (Å²) in [6, 6.07) is -0.193. The van der Waals surface area contributed by atoms with Crippen molar-refractivity contribution in [2.75, 3.05) is 34.9 Å². The van der Waals surface area contributed by atoms with E-state index in [1.807, 2.05) is 59.7 Å². The minimum atomic E-state index is -1.15. The molecule has 0 bridgehead atoms. The Morgan fingerprint density at radius 3 is 2.16 bits per heavy atom. The lowest BCUT2D eigenvalue weighted by molar-refractivity contribution is -0.304. The molecule has 13 heteroatoms. The Morgan fingerprint density at radius 2 is 1.55 bits per heavy atom. The molecule has 51 heavy (non-hydrogen) atoms. The predicted molar refractivity (Wildman–Crippen MR) is 189 cm³/mol. The van der Waals surface area contributed by atoms with Gasteiger partial charge in [0.15, 0.2) is 18.4 Å². The number of hydrogen-bond acceptors (Lipinski definition) is 13. The third-order valence-corrected chi connectivity index (χ3v) is 10.7. The molecular weight excluding hydrogens is 662 g/mol. The van der Waals surface area contributed by atoms with Gasteiger partial charge in [-0.2, -0.15) is 0 Å². The molecule has 0 radical (unpaired) electrons. The van der Waals surface area contributed by atoms with Crippen molar-refractivity contribution in [1.82, 2.24) is 4.90 Å². The maximum Gasteiger partial charge on any atom is 0.308 e. The average molecular weight is 728 g/mol. The van der Waals surface area contributed by atoms with Gasteiger partial charge in [-0.1, -0.05) is 45.4 Å². The Labute approximate surface area is 304 Å². The number of aliphatic hydroxyl groups excluding tert-OH is 3. The third kappa shape index (κ3) is 11.6. The fourth-order valence-corrected chi connectivity index (χ4v) is 7.54. The lowest BCUT2D eigenvalue weighted by Crippen LogP contribution is -2.59. The Morgan fingerprint density at radius 1 is 0.882 bits per heavy atom. The fourth-order valence-electron chi connectivity index (χ4n) is 7.54. The van der Waals surface area contributed by atoms with E-state index in [9.17, 15) is 24.9 Å². The van der Waals surface area contributed by atoms with Crippen LogP contribution in [0.2, 0.25) is 0 Å². The van der Waals surface area contributed by atoms with E-state index in [0.29, 0.717) is 19.3 Å². The third-order valence-electron chi connectivity index (χ3n) is 10.7. The largest absolute Gasteiger partial charge is 0.462 e. The number of carbonyl (C=O) groups excluding carboxylic acids is 2. The average Bonchev–Trinajstić information content (AvgIpc) is 3.08. The number of nitrogens with zero attached hydrogens (tertiary/aromatic N) is 1. The molecule has 0 saturated carbocycles. The second-order valence-electron chi connectivity index (χ2n) is 15.1. The summed E-state index contributed by atoms with van der Waals surface area (Å²) < 4.78 is 41.9. The van der Waals surface area contributed by atoms with Crippen molar-refractivity contribution < 1.29 is 58.1 Å². The Kier molecular flexibility index (Phi) is 17.2. The minimum absolute atomic E-state index is 0.0631. The van der Waals surface area contributed by atoms with Crippen LogP contribution in [-0.2, 0) is 42.7 Å². The summed E-state index contributed by atoms with van der Waals surface area (Å²) in [4.78, 5) is 28.8. The molecule has 0 aromatic rings. The first kappa shape index (κ1) is 43.6. The van der Waals surface area contributed by atoms with Gasteiger partial charge < -0.3 is 53.4 Å². The van der Waals surface area contributed by atoms with Crippen molar-refractivity contribution in [2.45, 2.75) is 148 Å². The summed E-state index contributed by atoms with van der Waals surface area (Å²) >= 11 is 0. The normalized spacial score (nSPS) is 44.1. The van der Waals surface area contributed by atoms with Crippen LogP contribution in [0.15, 0.2) is 23.8 Å². The molecule has 16 unspecified atom stereocenters. The summed E-state index contributed by atoms with van der Waals surface area (Å²) in [7, 11) is 6.78. The molecule has 3 aliphatic heterocycles. The fraction of sp³-hybridized carbons (Fsp3) is 0.842. The Hall–Kier alpha value is -1.78. The lowest BCUT2D eigenvalue weighted by atomic mass is 9.82. The molecule has 0 spiro atoms. The van der Waals surface area contributed by atoms with Gasteiger partial charge in [-0.3, -0.25) is 9.59 Å². The quantitative estimate of drug-likeness (QED) is 0.298. The van der Waals surface area contributed by atoms with E-state index in [4.69, 9.17) is 33.2 Å². The molecule has 3 N–H and O–H groups in total. The second kappa shape index (κ2) is 20.1. The molecule has 3 aliphatic rings. The number of cyclic esters (lactones) is 1. The van der Waals surface area contributed by atoms with Crippen LogP contribution >= 0.6 is 0 Å². The molecule has 0 amide bonds. The second-order valence-corrected chi connectivity index (χ2v) is 15.1. The van der Waals surface area contributed by atoms with Gasteiger partial charge in [-0.15, -0.1) is 0 Å². The highest BCUT2D eigenvalue weighted by Gasteiger charge is 2.46. The van der Waals surface area contributed by atoms with Gasteiger partial charge in [-0.05, 0) is 66.1 Å². The number of hydrogen-bond donors (Lipinski definition) is 3. The maximum absolute atomic E-state index is 13.5. The number of ether oxygens (including phenoxy) is 7. The molecule has 0 aliphatic carbocycles. The van der Waals surface area contributed by atoms with E-state index in [2.05, 4.69) is 0 Å². The zero-order valence-electron chi connectivity index (χ0n) is 32.5. The van der Waals surface area contributed by atoms with E-state index in [1.165, 1.54) is 14.2 Å². The van der Waals surface area contributed by atoms with Crippen molar-refractivity contribution in [2.24, 2.45) is 23.7 Å². The van der Waals surface area contributed by atoms with Crippen LogP contribution < -0.4 is 0 Å². The van der Waals surface area contributed by atoms with E-state index in [0.717, 1.165) is 5.57 Å². The van der Waals surface area contributed by atoms with Crippen LogP contribution in [0.25, 0.3) is 0 Å². The molecule has 0 aromatic heterocycles. The van der Waals surface area contributed by atoms with Crippen molar-refractivity contribution >= 4 is 11.8 Å². The van der Waals surface area contributed by atoms with Crippen LogP contribution in [0.5, 0.6) is 0 Å². The minimum Gasteiger partial charge on any atom is -0.462 e. The number of aliphatic hydroxyl groups is 3. The molecule has 13 nitrogen and oxygen atoms in total. The van der Waals surface area contributed by atoms with Gasteiger partial charge in [0.25, 0.3) is 0 Å². The van der Waals surface area contributed by atoms with Gasteiger partial charge in [0, 0.05) is 38.0 Å². The predicted octanol–water partition coefficient (Wildman–Crippen LogP) is 3.02.